The fourth-order valence-corrected chi connectivity index (χ4v) is 1.90. The van der Waals surface area contributed by atoms with Crippen LogP contribution in [-0.4, -0.2) is 11.1 Å². The lowest BCUT2D eigenvalue weighted by molar-refractivity contribution is 0.0698. The highest BCUT2D eigenvalue weighted by Crippen LogP contribution is 2.31. The largest absolute Gasteiger partial charge is 0.478 e. The minimum Gasteiger partial charge on any atom is -0.478 e. The molecule has 0 atom stereocenters. The highest BCUT2D eigenvalue weighted by atomic mass is 16.4. The Labute approximate surface area is 99.5 Å². The molecule has 3 heteroatoms. The number of carboxylic acids is 1. The second-order valence-electron chi connectivity index (χ2n) is 3.89. The molecule has 3 N–H and O–H groups in total. The van der Waals surface area contributed by atoms with Crippen molar-refractivity contribution in [1.29, 1.82) is 0 Å². The number of carbonyl (C=O) groups is 1. The number of hydrogen-bond acceptors (Lipinski definition) is 2. The van der Waals surface area contributed by atoms with Crippen molar-refractivity contribution in [3.8, 4) is 11.1 Å². The molecule has 0 aromatic heterocycles. The van der Waals surface area contributed by atoms with Crippen LogP contribution in [0, 0.1) is 6.92 Å². The van der Waals surface area contributed by atoms with E-state index in [1.807, 2.05) is 37.3 Å². The van der Waals surface area contributed by atoms with Crippen molar-refractivity contribution in [2.24, 2.45) is 0 Å². The van der Waals surface area contributed by atoms with Crippen LogP contribution >= 0.6 is 0 Å². The number of benzene rings is 2. The fourth-order valence-electron chi connectivity index (χ4n) is 1.90. The summed E-state index contributed by atoms with van der Waals surface area (Å²) < 4.78 is 0. The number of nitrogens with two attached hydrogens (primary N) is 1. The first-order valence-corrected chi connectivity index (χ1v) is 5.29. The fraction of sp³-hybridized carbons (Fsp3) is 0.0714. The summed E-state index contributed by atoms with van der Waals surface area (Å²) in [5.41, 5.74) is 9.11. The van der Waals surface area contributed by atoms with Gasteiger partial charge in [-0.1, -0.05) is 36.4 Å². The molecule has 0 fully saturated rings. The summed E-state index contributed by atoms with van der Waals surface area (Å²) in [5, 5.41) is 9.05. The molecule has 2 aromatic rings. The van der Waals surface area contributed by atoms with Gasteiger partial charge < -0.3 is 10.8 Å². The Morgan fingerprint density at radius 3 is 2.35 bits per heavy atom. The van der Waals surface area contributed by atoms with Gasteiger partial charge in [0.1, 0.15) is 0 Å². The Morgan fingerprint density at radius 2 is 1.76 bits per heavy atom. The van der Waals surface area contributed by atoms with Gasteiger partial charge in [0.25, 0.3) is 0 Å². The Hall–Kier alpha value is -2.29. The monoisotopic (exact) mass is 227 g/mol. The van der Waals surface area contributed by atoms with Gasteiger partial charge in [0.15, 0.2) is 0 Å². The topological polar surface area (TPSA) is 63.3 Å². The third kappa shape index (κ3) is 1.99. The number of carboxylic acid groups (broad SMARTS) is 1. The maximum Gasteiger partial charge on any atom is 0.337 e. The van der Waals surface area contributed by atoms with E-state index < -0.39 is 5.97 Å². The van der Waals surface area contributed by atoms with Gasteiger partial charge in [-0.15, -0.1) is 0 Å². The van der Waals surface area contributed by atoms with E-state index in [1.165, 1.54) is 0 Å². The third-order valence-electron chi connectivity index (χ3n) is 2.75. The predicted molar refractivity (Wildman–Crippen MR) is 68.0 cm³/mol. The van der Waals surface area contributed by atoms with Crippen LogP contribution in [0.4, 0.5) is 5.69 Å². The highest BCUT2D eigenvalue weighted by molar-refractivity contribution is 5.99. The summed E-state index contributed by atoms with van der Waals surface area (Å²) in [6, 6.07) is 12.9. The Kier molecular flexibility index (Phi) is 2.83. The highest BCUT2D eigenvalue weighted by Gasteiger charge is 2.14. The van der Waals surface area contributed by atoms with Crippen molar-refractivity contribution in [3.05, 3.63) is 53.6 Å². The van der Waals surface area contributed by atoms with E-state index in [4.69, 9.17) is 10.8 Å². The van der Waals surface area contributed by atoms with Gasteiger partial charge >= 0.3 is 5.97 Å². The number of rotatable bonds is 2. The predicted octanol–water partition coefficient (Wildman–Crippen LogP) is 2.94. The van der Waals surface area contributed by atoms with E-state index in [-0.39, 0.29) is 5.56 Å². The van der Waals surface area contributed by atoms with Gasteiger partial charge in [-0.05, 0) is 24.1 Å². The molecule has 86 valence electrons. The van der Waals surface area contributed by atoms with Gasteiger partial charge in [-0.3, -0.25) is 0 Å². The summed E-state index contributed by atoms with van der Waals surface area (Å²) >= 11 is 0. The number of aromatic carboxylic acids is 1. The molecule has 2 aromatic carbocycles. The number of hydrogen-bond donors (Lipinski definition) is 2. The van der Waals surface area contributed by atoms with Crippen molar-refractivity contribution in [1.82, 2.24) is 0 Å². The third-order valence-corrected chi connectivity index (χ3v) is 2.75. The van der Waals surface area contributed by atoms with Crippen molar-refractivity contribution < 1.29 is 9.90 Å². The first-order valence-electron chi connectivity index (χ1n) is 5.29. The lowest BCUT2D eigenvalue weighted by Gasteiger charge is -2.12. The number of aryl methyl sites for hydroxylation is 1. The zero-order valence-electron chi connectivity index (χ0n) is 9.47. The van der Waals surface area contributed by atoms with Crippen molar-refractivity contribution in [2.45, 2.75) is 6.92 Å². The van der Waals surface area contributed by atoms with E-state index in [2.05, 4.69) is 0 Å². The molecule has 0 amide bonds. The minimum atomic E-state index is -1.00. The standard InChI is InChI=1S/C14H13NO2/c1-9-7-8-11(14(16)17)13(15)12(9)10-5-3-2-4-6-10/h2-8H,15H2,1H3,(H,16,17). The van der Waals surface area contributed by atoms with Crippen molar-refractivity contribution >= 4 is 11.7 Å². The molecule has 2 rings (SSSR count). The van der Waals surface area contributed by atoms with Crippen LogP contribution in [-0.2, 0) is 0 Å². The average molecular weight is 227 g/mol. The van der Waals surface area contributed by atoms with Crippen LogP contribution in [0.2, 0.25) is 0 Å². The van der Waals surface area contributed by atoms with Gasteiger partial charge in [0, 0.05) is 5.56 Å². The SMILES string of the molecule is Cc1ccc(C(=O)O)c(N)c1-c1ccccc1. The molecule has 0 heterocycles. The minimum absolute atomic E-state index is 0.148. The molecule has 0 bridgehead atoms. The van der Waals surface area contributed by atoms with Crippen LogP contribution in [0.1, 0.15) is 15.9 Å². The maximum absolute atomic E-state index is 11.0. The summed E-state index contributed by atoms with van der Waals surface area (Å²) in [5.74, 6) is -1.00. The molecule has 17 heavy (non-hydrogen) atoms. The van der Waals surface area contributed by atoms with Gasteiger partial charge in [-0.25, -0.2) is 4.79 Å². The Balaban J connectivity index is 2.69. The second kappa shape index (κ2) is 4.29. The maximum atomic E-state index is 11.0. The molecule has 3 nitrogen and oxygen atoms in total. The van der Waals surface area contributed by atoms with Crippen molar-refractivity contribution in [2.75, 3.05) is 5.73 Å². The summed E-state index contributed by atoms with van der Waals surface area (Å²) in [4.78, 5) is 11.0. The zero-order valence-corrected chi connectivity index (χ0v) is 9.47. The van der Waals surface area contributed by atoms with Gasteiger partial charge in [0.05, 0.1) is 11.3 Å². The molecule has 0 radical (unpaired) electrons. The molecular formula is C14H13NO2. The van der Waals surface area contributed by atoms with Crippen LogP contribution in [0.25, 0.3) is 11.1 Å². The quantitative estimate of drug-likeness (QED) is 0.775. The Bertz CT molecular complexity index is 562. The van der Waals surface area contributed by atoms with Gasteiger partial charge in [0.2, 0.25) is 0 Å². The molecule has 0 saturated heterocycles. The van der Waals surface area contributed by atoms with Crippen molar-refractivity contribution in [3.63, 3.8) is 0 Å². The number of nitrogen functional groups attached to an aromatic ring is 1. The van der Waals surface area contributed by atoms with Crippen LogP contribution < -0.4 is 5.73 Å². The molecule has 0 unspecified atom stereocenters. The first kappa shape index (κ1) is 11.2. The lowest BCUT2D eigenvalue weighted by Crippen LogP contribution is -2.05. The molecule has 0 saturated carbocycles. The van der Waals surface area contributed by atoms with E-state index in [0.29, 0.717) is 5.69 Å². The summed E-state index contributed by atoms with van der Waals surface area (Å²) in [7, 11) is 0. The first-order chi connectivity index (χ1) is 8.11. The molecule has 0 aliphatic rings. The average Bonchev–Trinajstić information content (AvgIpc) is 2.30. The van der Waals surface area contributed by atoms with Crippen LogP contribution in [0.5, 0.6) is 0 Å². The van der Waals surface area contributed by atoms with E-state index in [9.17, 15) is 4.79 Å². The molecule has 0 aliphatic carbocycles. The number of anilines is 1. The molecule has 0 spiro atoms. The normalized spacial score (nSPS) is 10.2. The van der Waals surface area contributed by atoms with E-state index >= 15 is 0 Å². The molecular weight excluding hydrogens is 214 g/mol. The van der Waals surface area contributed by atoms with Crippen LogP contribution in [0.15, 0.2) is 42.5 Å². The van der Waals surface area contributed by atoms with E-state index in [0.717, 1.165) is 16.7 Å². The zero-order chi connectivity index (χ0) is 12.4. The second-order valence-corrected chi connectivity index (χ2v) is 3.89. The lowest BCUT2D eigenvalue weighted by atomic mass is 9.95. The summed E-state index contributed by atoms with van der Waals surface area (Å²) in [6.45, 7) is 1.92. The van der Waals surface area contributed by atoms with Crippen LogP contribution in [0.3, 0.4) is 0 Å². The molecule has 0 aliphatic heterocycles. The van der Waals surface area contributed by atoms with E-state index in [1.54, 1.807) is 12.1 Å². The Morgan fingerprint density at radius 1 is 1.12 bits per heavy atom. The smallest absolute Gasteiger partial charge is 0.337 e. The van der Waals surface area contributed by atoms with Gasteiger partial charge in [-0.2, -0.15) is 0 Å². The summed E-state index contributed by atoms with van der Waals surface area (Å²) in [6.07, 6.45) is 0.